The van der Waals surface area contributed by atoms with E-state index in [1.165, 1.54) is 11.3 Å². The maximum Gasteiger partial charge on any atom is 0.228 e. The van der Waals surface area contributed by atoms with Gasteiger partial charge in [-0.15, -0.1) is 11.3 Å². The van der Waals surface area contributed by atoms with Crippen LogP contribution in [0.4, 0.5) is 0 Å². The molecule has 3 aromatic rings. The summed E-state index contributed by atoms with van der Waals surface area (Å²) >= 11 is 1.65. The smallest absolute Gasteiger partial charge is 0.228 e. The first-order valence-electron chi connectivity index (χ1n) is 7.85. The Bertz CT molecular complexity index is 792. The van der Waals surface area contributed by atoms with Crippen molar-refractivity contribution in [3.05, 3.63) is 82.3 Å². The predicted octanol–water partition coefficient (Wildman–Crippen LogP) is 3.72. The molecule has 0 spiro atoms. The summed E-state index contributed by atoms with van der Waals surface area (Å²) in [5.74, 6) is 0.203. The quantitative estimate of drug-likeness (QED) is 0.721. The molecule has 4 heteroatoms. The number of thiophene rings is 1. The van der Waals surface area contributed by atoms with Crippen molar-refractivity contribution in [2.75, 3.05) is 6.54 Å². The second-order valence-corrected chi connectivity index (χ2v) is 6.82. The van der Waals surface area contributed by atoms with Gasteiger partial charge in [-0.05, 0) is 29.1 Å². The highest BCUT2D eigenvalue weighted by Gasteiger charge is 2.31. The Morgan fingerprint density at radius 1 is 1.04 bits per heavy atom. The second-order valence-electron chi connectivity index (χ2n) is 5.78. The van der Waals surface area contributed by atoms with E-state index in [1.54, 1.807) is 11.3 Å². The van der Waals surface area contributed by atoms with Crippen molar-refractivity contribution < 1.29 is 4.79 Å². The summed E-state index contributed by atoms with van der Waals surface area (Å²) in [5.41, 5.74) is 2.37. The van der Waals surface area contributed by atoms with Gasteiger partial charge < -0.3 is 9.47 Å². The van der Waals surface area contributed by atoms with Crippen molar-refractivity contribution in [1.82, 2.24) is 9.47 Å². The van der Waals surface area contributed by atoms with Crippen LogP contribution in [0.15, 0.2) is 66.2 Å². The Morgan fingerprint density at radius 3 is 2.70 bits per heavy atom. The van der Waals surface area contributed by atoms with Gasteiger partial charge in [-0.1, -0.05) is 36.4 Å². The zero-order valence-electron chi connectivity index (χ0n) is 12.8. The molecule has 2 aromatic heterocycles. The van der Waals surface area contributed by atoms with E-state index in [0.29, 0.717) is 6.42 Å². The van der Waals surface area contributed by atoms with E-state index in [4.69, 9.17) is 0 Å². The molecule has 116 valence electrons. The van der Waals surface area contributed by atoms with Gasteiger partial charge in [0, 0.05) is 29.9 Å². The number of aromatic nitrogens is 1. The summed E-state index contributed by atoms with van der Waals surface area (Å²) in [6.07, 6.45) is 2.59. The first-order valence-corrected chi connectivity index (χ1v) is 8.73. The molecular formula is C19H18N2OS. The van der Waals surface area contributed by atoms with Crippen LogP contribution in [0.5, 0.6) is 0 Å². The molecule has 0 bridgehead atoms. The minimum atomic E-state index is 0.00686. The van der Waals surface area contributed by atoms with Crippen molar-refractivity contribution in [3.8, 4) is 0 Å². The maximum atomic E-state index is 12.9. The molecule has 0 saturated heterocycles. The molecule has 1 atom stereocenters. The lowest BCUT2D eigenvalue weighted by atomic mass is 9.99. The number of rotatable bonds is 3. The van der Waals surface area contributed by atoms with E-state index in [-0.39, 0.29) is 11.9 Å². The molecule has 1 aliphatic heterocycles. The molecule has 0 radical (unpaired) electrons. The molecule has 1 unspecified atom stereocenters. The first-order chi connectivity index (χ1) is 11.3. The fourth-order valence-corrected chi connectivity index (χ4v) is 4.00. The van der Waals surface area contributed by atoms with Crippen molar-refractivity contribution in [1.29, 1.82) is 0 Å². The van der Waals surface area contributed by atoms with Crippen LogP contribution < -0.4 is 0 Å². The van der Waals surface area contributed by atoms with E-state index in [2.05, 4.69) is 35.0 Å². The van der Waals surface area contributed by atoms with Gasteiger partial charge in [0.25, 0.3) is 0 Å². The largest absolute Gasteiger partial charge is 0.348 e. The molecule has 3 nitrogen and oxygen atoms in total. The number of fused-ring (bicyclic) bond motifs is 1. The van der Waals surface area contributed by atoms with Crippen LogP contribution >= 0.6 is 11.3 Å². The number of carbonyl (C=O) groups excluding carboxylic acids is 1. The van der Waals surface area contributed by atoms with Crippen LogP contribution in [-0.4, -0.2) is 21.9 Å². The Labute approximate surface area is 139 Å². The number of benzene rings is 1. The van der Waals surface area contributed by atoms with E-state index in [0.717, 1.165) is 18.0 Å². The van der Waals surface area contributed by atoms with Crippen LogP contribution in [0, 0.1) is 0 Å². The van der Waals surface area contributed by atoms with Crippen molar-refractivity contribution in [2.24, 2.45) is 0 Å². The van der Waals surface area contributed by atoms with Crippen LogP contribution in [0.1, 0.15) is 22.2 Å². The predicted molar refractivity (Wildman–Crippen MR) is 92.5 cm³/mol. The molecule has 1 aromatic carbocycles. The summed E-state index contributed by atoms with van der Waals surface area (Å²) in [6.45, 7) is 1.62. The van der Waals surface area contributed by atoms with E-state index in [1.807, 2.05) is 40.6 Å². The van der Waals surface area contributed by atoms with Crippen molar-refractivity contribution in [2.45, 2.75) is 19.0 Å². The molecule has 0 fully saturated rings. The van der Waals surface area contributed by atoms with Crippen molar-refractivity contribution in [3.63, 3.8) is 0 Å². The molecule has 0 saturated carbocycles. The normalized spacial score (nSPS) is 17.0. The molecular weight excluding hydrogens is 304 g/mol. The highest BCUT2D eigenvalue weighted by molar-refractivity contribution is 7.10. The minimum absolute atomic E-state index is 0.00686. The molecule has 0 N–H and O–H groups in total. The van der Waals surface area contributed by atoms with Gasteiger partial charge in [0.05, 0.1) is 12.5 Å². The van der Waals surface area contributed by atoms with E-state index >= 15 is 0 Å². The monoisotopic (exact) mass is 322 g/mol. The Hall–Kier alpha value is -2.33. The third-order valence-electron chi connectivity index (χ3n) is 4.38. The Kier molecular flexibility index (Phi) is 3.75. The number of amides is 1. The van der Waals surface area contributed by atoms with Gasteiger partial charge in [0.1, 0.15) is 0 Å². The number of carbonyl (C=O) groups is 1. The van der Waals surface area contributed by atoms with Crippen LogP contribution in [0.3, 0.4) is 0 Å². The lowest BCUT2D eigenvalue weighted by Gasteiger charge is -2.37. The number of nitrogens with zero attached hydrogens (tertiary/aromatic N) is 2. The number of hydrogen-bond donors (Lipinski definition) is 0. The summed E-state index contributed by atoms with van der Waals surface area (Å²) in [7, 11) is 0. The summed E-state index contributed by atoms with van der Waals surface area (Å²) < 4.78 is 2.26. The lowest BCUT2D eigenvalue weighted by molar-refractivity contribution is -0.133. The zero-order valence-corrected chi connectivity index (χ0v) is 13.6. The minimum Gasteiger partial charge on any atom is -0.348 e. The molecule has 1 aliphatic rings. The van der Waals surface area contributed by atoms with E-state index in [9.17, 15) is 4.79 Å². The lowest BCUT2D eigenvalue weighted by Crippen LogP contribution is -2.43. The average Bonchev–Trinajstić information content (AvgIpc) is 3.25. The van der Waals surface area contributed by atoms with E-state index < -0.39 is 0 Å². The molecule has 3 heterocycles. The summed E-state index contributed by atoms with van der Waals surface area (Å²) in [5, 5.41) is 2.03. The summed E-state index contributed by atoms with van der Waals surface area (Å²) in [6, 6.07) is 18.6. The standard InChI is InChI=1S/C19H18N2OS/c22-18(14-16-8-5-13-23-16)21-12-11-20-10-4-9-17(20)19(21)15-6-2-1-3-7-15/h1-10,13,19H,11-12,14H2. The van der Waals surface area contributed by atoms with Gasteiger partial charge in [-0.3, -0.25) is 4.79 Å². The van der Waals surface area contributed by atoms with Gasteiger partial charge >= 0.3 is 0 Å². The molecule has 1 amide bonds. The third kappa shape index (κ3) is 2.70. The SMILES string of the molecule is O=C(Cc1cccs1)N1CCn2cccc2C1c1ccccc1. The van der Waals surface area contributed by atoms with Gasteiger partial charge in [-0.2, -0.15) is 0 Å². The van der Waals surface area contributed by atoms with Gasteiger partial charge in [0.2, 0.25) is 5.91 Å². The van der Waals surface area contributed by atoms with Crippen molar-refractivity contribution >= 4 is 17.2 Å². The molecule has 4 rings (SSSR count). The topological polar surface area (TPSA) is 25.2 Å². The number of hydrogen-bond acceptors (Lipinski definition) is 2. The van der Waals surface area contributed by atoms with Gasteiger partial charge in [-0.25, -0.2) is 0 Å². The third-order valence-corrected chi connectivity index (χ3v) is 5.26. The fourth-order valence-electron chi connectivity index (χ4n) is 3.30. The first kappa shape index (κ1) is 14.3. The highest BCUT2D eigenvalue weighted by atomic mass is 32.1. The Morgan fingerprint density at radius 2 is 1.91 bits per heavy atom. The average molecular weight is 322 g/mol. The van der Waals surface area contributed by atoms with Gasteiger partial charge in [0.15, 0.2) is 0 Å². The summed E-state index contributed by atoms with van der Waals surface area (Å²) in [4.78, 5) is 16.1. The second kappa shape index (κ2) is 6.05. The maximum absolute atomic E-state index is 12.9. The zero-order chi connectivity index (χ0) is 15.6. The van der Waals surface area contributed by atoms with Crippen LogP contribution in [0.25, 0.3) is 0 Å². The molecule has 0 aliphatic carbocycles. The fraction of sp³-hybridized carbons (Fsp3) is 0.211. The van der Waals surface area contributed by atoms with Crippen LogP contribution in [0.2, 0.25) is 0 Å². The highest BCUT2D eigenvalue weighted by Crippen LogP contribution is 2.32. The Balaban J connectivity index is 1.69. The van der Waals surface area contributed by atoms with Crippen LogP contribution in [-0.2, 0) is 17.8 Å². The molecule has 23 heavy (non-hydrogen) atoms.